The van der Waals surface area contributed by atoms with E-state index in [4.69, 9.17) is 0 Å². The maximum absolute atomic E-state index is 4.63. The van der Waals surface area contributed by atoms with Crippen molar-refractivity contribution >= 4 is 46.8 Å². The summed E-state index contributed by atoms with van der Waals surface area (Å²) in [6.45, 7) is 1.05. The van der Waals surface area contributed by atoms with Crippen LogP contribution in [0.3, 0.4) is 0 Å². The Hall–Kier alpha value is -1.23. The highest BCUT2D eigenvalue weighted by Crippen LogP contribution is 2.28. The molecule has 0 aliphatic carbocycles. The van der Waals surface area contributed by atoms with E-state index in [0.29, 0.717) is 0 Å². The molecule has 6 heteroatoms. The summed E-state index contributed by atoms with van der Waals surface area (Å²) in [5, 5.41) is 5.43. The van der Waals surface area contributed by atoms with Gasteiger partial charge < -0.3 is 5.32 Å². The van der Waals surface area contributed by atoms with Crippen LogP contribution < -0.4 is 5.32 Å². The van der Waals surface area contributed by atoms with Crippen molar-refractivity contribution in [3.63, 3.8) is 0 Å². The SMILES string of the molecule is Cl.Cl.c1cn2cc(-c3ccc4c(c3)CCN4)nc2s1. The van der Waals surface area contributed by atoms with E-state index in [0.717, 1.165) is 23.6 Å². The number of fused-ring (bicyclic) bond motifs is 2. The molecule has 3 aromatic rings. The first kappa shape index (κ1) is 14.2. The Balaban J connectivity index is 0.000000667. The van der Waals surface area contributed by atoms with Crippen LogP contribution in [0, 0.1) is 0 Å². The Morgan fingerprint density at radius 3 is 3.00 bits per heavy atom. The lowest BCUT2D eigenvalue weighted by molar-refractivity contribution is 1.11. The summed E-state index contributed by atoms with van der Waals surface area (Å²) in [4.78, 5) is 5.68. The van der Waals surface area contributed by atoms with Crippen LogP contribution in [0.5, 0.6) is 0 Å². The fourth-order valence-corrected chi connectivity index (χ4v) is 3.03. The van der Waals surface area contributed by atoms with Gasteiger partial charge >= 0.3 is 0 Å². The third-order valence-electron chi connectivity index (χ3n) is 3.20. The number of thiazole rings is 1. The highest BCUT2D eigenvalue weighted by Gasteiger charge is 2.12. The second kappa shape index (κ2) is 5.41. The van der Waals surface area contributed by atoms with Crippen LogP contribution in [-0.2, 0) is 6.42 Å². The third-order valence-corrected chi connectivity index (χ3v) is 3.97. The minimum Gasteiger partial charge on any atom is -0.384 e. The van der Waals surface area contributed by atoms with Gasteiger partial charge in [-0.15, -0.1) is 36.2 Å². The smallest absolute Gasteiger partial charge is 0.194 e. The van der Waals surface area contributed by atoms with Gasteiger partial charge in [0.1, 0.15) is 0 Å². The van der Waals surface area contributed by atoms with Gasteiger partial charge in [-0.2, -0.15) is 0 Å². The molecule has 2 aromatic heterocycles. The minimum absolute atomic E-state index is 0. The van der Waals surface area contributed by atoms with Crippen molar-refractivity contribution in [3.8, 4) is 11.3 Å². The number of aromatic nitrogens is 2. The molecule has 1 N–H and O–H groups in total. The van der Waals surface area contributed by atoms with E-state index in [-0.39, 0.29) is 24.8 Å². The molecule has 0 radical (unpaired) electrons. The van der Waals surface area contributed by atoms with Crippen molar-refractivity contribution in [2.45, 2.75) is 6.42 Å². The molecule has 1 aliphatic heterocycles. The number of nitrogens with one attached hydrogen (secondary N) is 1. The normalized spacial score (nSPS) is 12.4. The molecule has 3 nitrogen and oxygen atoms in total. The van der Waals surface area contributed by atoms with Crippen LogP contribution in [-0.4, -0.2) is 15.9 Å². The van der Waals surface area contributed by atoms with Gasteiger partial charge in [-0.1, -0.05) is 6.07 Å². The van der Waals surface area contributed by atoms with Crippen molar-refractivity contribution in [2.75, 3.05) is 11.9 Å². The fraction of sp³-hybridized carbons (Fsp3) is 0.154. The maximum atomic E-state index is 4.63. The second-order valence-corrected chi connectivity index (χ2v) is 5.14. The summed E-state index contributed by atoms with van der Waals surface area (Å²) < 4.78 is 2.07. The van der Waals surface area contributed by atoms with E-state index in [1.807, 2.05) is 6.20 Å². The first-order chi connectivity index (χ1) is 8.40. The number of halogens is 2. The van der Waals surface area contributed by atoms with E-state index in [2.05, 4.69) is 44.5 Å². The average Bonchev–Trinajstić information content (AvgIpc) is 3.02. The van der Waals surface area contributed by atoms with Crippen molar-refractivity contribution in [1.29, 1.82) is 0 Å². The van der Waals surface area contributed by atoms with Crippen molar-refractivity contribution in [3.05, 3.63) is 41.5 Å². The molecule has 4 rings (SSSR count). The number of imidazole rings is 1. The van der Waals surface area contributed by atoms with E-state index >= 15 is 0 Å². The number of nitrogens with zero attached hydrogens (tertiary/aromatic N) is 2. The van der Waals surface area contributed by atoms with Crippen LogP contribution in [0.4, 0.5) is 5.69 Å². The summed E-state index contributed by atoms with van der Waals surface area (Å²) in [5.74, 6) is 0. The first-order valence-corrected chi connectivity index (χ1v) is 6.57. The Kier molecular flexibility index (Phi) is 4.04. The molecule has 1 aromatic carbocycles. The zero-order valence-corrected chi connectivity index (χ0v) is 12.4. The molecule has 0 atom stereocenters. The molecule has 0 amide bonds. The van der Waals surface area contributed by atoms with Gasteiger partial charge in [0.25, 0.3) is 0 Å². The number of anilines is 1. The molecular formula is C13H13Cl2N3S. The Morgan fingerprint density at radius 1 is 1.26 bits per heavy atom. The first-order valence-electron chi connectivity index (χ1n) is 5.69. The standard InChI is InChI=1S/C13H11N3S.2ClH/c1-2-11-10(3-4-14-11)7-9(1)12-8-16-5-6-17-13(16)15-12;;/h1-2,5-8,14H,3-4H2;2*1H. The predicted octanol–water partition coefficient (Wildman–Crippen LogP) is 3.87. The summed E-state index contributed by atoms with van der Waals surface area (Å²) in [7, 11) is 0. The lowest BCUT2D eigenvalue weighted by Gasteiger charge is -2.01. The molecule has 0 unspecified atom stereocenters. The monoisotopic (exact) mass is 313 g/mol. The van der Waals surface area contributed by atoms with Crippen LogP contribution in [0.2, 0.25) is 0 Å². The number of hydrogen-bond acceptors (Lipinski definition) is 3. The van der Waals surface area contributed by atoms with Gasteiger partial charge in [-0.25, -0.2) is 4.98 Å². The fourth-order valence-electron chi connectivity index (χ4n) is 2.33. The highest BCUT2D eigenvalue weighted by molar-refractivity contribution is 7.15. The van der Waals surface area contributed by atoms with E-state index in [9.17, 15) is 0 Å². The molecule has 0 bridgehead atoms. The maximum Gasteiger partial charge on any atom is 0.194 e. The quantitative estimate of drug-likeness (QED) is 0.739. The van der Waals surface area contributed by atoms with E-state index in [1.54, 1.807) is 11.3 Å². The third kappa shape index (κ3) is 2.31. The van der Waals surface area contributed by atoms with Gasteiger partial charge in [-0.05, 0) is 24.1 Å². The molecule has 100 valence electrons. The largest absolute Gasteiger partial charge is 0.384 e. The van der Waals surface area contributed by atoms with Gasteiger partial charge in [0, 0.05) is 35.6 Å². The van der Waals surface area contributed by atoms with Crippen molar-refractivity contribution < 1.29 is 0 Å². The molecule has 19 heavy (non-hydrogen) atoms. The summed E-state index contributed by atoms with van der Waals surface area (Å²) in [6, 6.07) is 6.55. The van der Waals surface area contributed by atoms with Crippen LogP contribution >= 0.6 is 36.2 Å². The lowest BCUT2D eigenvalue weighted by atomic mass is 10.1. The van der Waals surface area contributed by atoms with Crippen LogP contribution in [0.25, 0.3) is 16.2 Å². The average molecular weight is 314 g/mol. The molecular weight excluding hydrogens is 301 g/mol. The zero-order valence-electron chi connectivity index (χ0n) is 10.00. The molecule has 0 spiro atoms. The van der Waals surface area contributed by atoms with Gasteiger partial charge in [0.15, 0.2) is 4.96 Å². The predicted molar refractivity (Wildman–Crippen MR) is 85.2 cm³/mol. The number of rotatable bonds is 1. The summed E-state index contributed by atoms with van der Waals surface area (Å²) >= 11 is 1.67. The van der Waals surface area contributed by atoms with Crippen LogP contribution in [0.15, 0.2) is 36.0 Å². The van der Waals surface area contributed by atoms with E-state index in [1.165, 1.54) is 16.8 Å². The number of benzene rings is 1. The Bertz CT molecular complexity index is 676. The molecule has 0 saturated carbocycles. The topological polar surface area (TPSA) is 29.3 Å². The van der Waals surface area contributed by atoms with Gasteiger partial charge in [0.2, 0.25) is 0 Å². The highest BCUT2D eigenvalue weighted by atomic mass is 35.5. The molecule has 3 heterocycles. The van der Waals surface area contributed by atoms with Crippen molar-refractivity contribution in [2.24, 2.45) is 0 Å². The Morgan fingerprint density at radius 2 is 2.16 bits per heavy atom. The number of hydrogen-bond donors (Lipinski definition) is 1. The minimum atomic E-state index is 0. The molecule has 1 aliphatic rings. The van der Waals surface area contributed by atoms with Crippen LogP contribution in [0.1, 0.15) is 5.56 Å². The molecule has 0 saturated heterocycles. The zero-order chi connectivity index (χ0) is 11.2. The summed E-state index contributed by atoms with van der Waals surface area (Å²) in [5.41, 5.74) is 4.95. The van der Waals surface area contributed by atoms with E-state index < -0.39 is 0 Å². The molecule has 0 fully saturated rings. The summed E-state index contributed by atoms with van der Waals surface area (Å²) in [6.07, 6.45) is 5.26. The second-order valence-electron chi connectivity index (χ2n) is 4.27. The van der Waals surface area contributed by atoms with Gasteiger partial charge in [-0.3, -0.25) is 4.40 Å². The van der Waals surface area contributed by atoms with Gasteiger partial charge in [0.05, 0.1) is 5.69 Å². The lowest BCUT2D eigenvalue weighted by Crippen LogP contribution is -1.90. The Labute approximate surface area is 127 Å². The van der Waals surface area contributed by atoms with Crippen molar-refractivity contribution in [1.82, 2.24) is 9.38 Å².